The number of nitrogens with one attached hydrogen (secondary N) is 1. The van der Waals surface area contributed by atoms with Crippen molar-refractivity contribution >= 4 is 11.7 Å². The second-order valence-corrected chi connectivity index (χ2v) is 7.39. The quantitative estimate of drug-likeness (QED) is 0.889. The zero-order chi connectivity index (χ0) is 16.4. The highest BCUT2D eigenvalue weighted by Crippen LogP contribution is 2.35. The molecule has 1 N–H and O–H groups in total. The number of carbonyl (C=O) groups excluding carboxylic acids is 1. The Hall–Kier alpha value is -1.69. The molecule has 3 heterocycles. The SMILES string of the molecule is O=C1CCCC(CN2CCC(N(c3ccncn3)C3CC3)CC2)N1. The maximum Gasteiger partial charge on any atom is 0.220 e. The van der Waals surface area contributed by atoms with Gasteiger partial charge in [0.05, 0.1) is 0 Å². The molecule has 0 radical (unpaired) electrons. The van der Waals surface area contributed by atoms with Gasteiger partial charge in [0, 0.05) is 50.4 Å². The Bertz CT molecular complexity index is 554. The van der Waals surface area contributed by atoms with E-state index >= 15 is 0 Å². The average molecular weight is 329 g/mol. The van der Waals surface area contributed by atoms with Crippen molar-refractivity contribution < 1.29 is 4.79 Å². The highest BCUT2D eigenvalue weighted by molar-refractivity contribution is 5.76. The van der Waals surface area contributed by atoms with E-state index in [-0.39, 0.29) is 5.91 Å². The summed E-state index contributed by atoms with van der Waals surface area (Å²) < 4.78 is 0. The summed E-state index contributed by atoms with van der Waals surface area (Å²) in [5.41, 5.74) is 0. The van der Waals surface area contributed by atoms with E-state index in [2.05, 4.69) is 25.1 Å². The first-order valence-corrected chi connectivity index (χ1v) is 9.35. The van der Waals surface area contributed by atoms with E-state index in [0.717, 1.165) is 38.3 Å². The van der Waals surface area contributed by atoms with Gasteiger partial charge in [-0.3, -0.25) is 4.79 Å². The zero-order valence-electron chi connectivity index (χ0n) is 14.2. The van der Waals surface area contributed by atoms with E-state index in [1.165, 1.54) is 25.7 Å². The minimum atomic E-state index is 0.227. The number of hydrogen-bond acceptors (Lipinski definition) is 5. The third kappa shape index (κ3) is 3.69. The topological polar surface area (TPSA) is 61.4 Å². The van der Waals surface area contributed by atoms with Crippen molar-refractivity contribution in [1.29, 1.82) is 0 Å². The predicted molar refractivity (Wildman–Crippen MR) is 92.8 cm³/mol. The van der Waals surface area contributed by atoms with Crippen molar-refractivity contribution in [1.82, 2.24) is 20.2 Å². The van der Waals surface area contributed by atoms with Crippen molar-refractivity contribution in [3.05, 3.63) is 18.6 Å². The van der Waals surface area contributed by atoms with Crippen molar-refractivity contribution in [3.8, 4) is 0 Å². The molecule has 1 aliphatic carbocycles. The van der Waals surface area contributed by atoms with Gasteiger partial charge in [-0.2, -0.15) is 0 Å². The number of likely N-dealkylation sites (tertiary alicyclic amines) is 1. The summed E-state index contributed by atoms with van der Waals surface area (Å²) in [5, 5.41) is 3.14. The van der Waals surface area contributed by atoms with Crippen LogP contribution in [0.25, 0.3) is 0 Å². The lowest BCUT2D eigenvalue weighted by Crippen LogP contribution is -2.51. The molecule has 2 saturated heterocycles. The normalized spacial score (nSPS) is 26.2. The molecule has 6 heteroatoms. The molecule has 1 atom stereocenters. The molecule has 0 bridgehead atoms. The molecule has 0 aromatic carbocycles. The van der Waals surface area contributed by atoms with Crippen molar-refractivity contribution in [2.75, 3.05) is 24.5 Å². The molecule has 0 spiro atoms. The number of amides is 1. The maximum atomic E-state index is 11.5. The molecule has 130 valence electrons. The summed E-state index contributed by atoms with van der Waals surface area (Å²) in [7, 11) is 0. The van der Waals surface area contributed by atoms with Gasteiger partial charge in [-0.05, 0) is 44.6 Å². The van der Waals surface area contributed by atoms with Crippen LogP contribution in [0.4, 0.5) is 5.82 Å². The van der Waals surface area contributed by atoms with Crippen LogP contribution in [0.3, 0.4) is 0 Å². The Labute approximate surface area is 143 Å². The van der Waals surface area contributed by atoms with Crippen LogP contribution < -0.4 is 10.2 Å². The summed E-state index contributed by atoms with van der Waals surface area (Å²) in [6.45, 7) is 3.24. The summed E-state index contributed by atoms with van der Waals surface area (Å²) in [5.74, 6) is 1.32. The lowest BCUT2D eigenvalue weighted by molar-refractivity contribution is -0.123. The van der Waals surface area contributed by atoms with Gasteiger partial charge in [0.1, 0.15) is 12.1 Å². The number of piperidine rings is 2. The van der Waals surface area contributed by atoms with E-state index in [4.69, 9.17) is 0 Å². The first-order valence-electron chi connectivity index (χ1n) is 9.35. The van der Waals surface area contributed by atoms with Crippen LogP contribution >= 0.6 is 0 Å². The van der Waals surface area contributed by atoms with Crippen molar-refractivity contribution in [2.45, 2.75) is 63.1 Å². The van der Waals surface area contributed by atoms with Gasteiger partial charge in [0.25, 0.3) is 0 Å². The van der Waals surface area contributed by atoms with Crippen LogP contribution in [0.15, 0.2) is 18.6 Å². The molecule has 3 aliphatic rings. The molecule has 2 aliphatic heterocycles. The molecular weight excluding hydrogens is 302 g/mol. The Morgan fingerprint density at radius 3 is 2.62 bits per heavy atom. The van der Waals surface area contributed by atoms with Crippen LogP contribution in [0.2, 0.25) is 0 Å². The largest absolute Gasteiger partial charge is 0.352 e. The van der Waals surface area contributed by atoms with Gasteiger partial charge in [-0.15, -0.1) is 0 Å². The van der Waals surface area contributed by atoms with Crippen molar-refractivity contribution in [3.63, 3.8) is 0 Å². The molecule has 6 nitrogen and oxygen atoms in total. The molecule has 1 aromatic rings. The highest BCUT2D eigenvalue weighted by atomic mass is 16.1. The van der Waals surface area contributed by atoms with Gasteiger partial charge < -0.3 is 15.1 Å². The molecule has 4 rings (SSSR count). The minimum Gasteiger partial charge on any atom is -0.352 e. The number of hydrogen-bond donors (Lipinski definition) is 1. The fourth-order valence-electron chi connectivity index (χ4n) is 4.17. The average Bonchev–Trinajstić information content (AvgIpc) is 3.43. The van der Waals surface area contributed by atoms with Gasteiger partial charge >= 0.3 is 0 Å². The van der Waals surface area contributed by atoms with E-state index in [1.807, 2.05) is 12.3 Å². The van der Waals surface area contributed by atoms with Crippen LogP contribution in [0.1, 0.15) is 44.9 Å². The second-order valence-electron chi connectivity index (χ2n) is 7.39. The molecule has 1 saturated carbocycles. The van der Waals surface area contributed by atoms with E-state index in [9.17, 15) is 4.79 Å². The van der Waals surface area contributed by atoms with E-state index in [1.54, 1.807) is 6.33 Å². The standard InChI is InChI=1S/C18H27N5O/c24-18-3-1-2-14(21-18)12-22-10-7-16(8-11-22)23(15-4-5-15)17-6-9-19-13-20-17/h6,9,13-16H,1-5,7-8,10-12H2,(H,21,24). The molecule has 1 amide bonds. The Kier molecular flexibility index (Phi) is 4.65. The molecular formula is C18H27N5O. The Morgan fingerprint density at radius 2 is 1.96 bits per heavy atom. The fraction of sp³-hybridized carbons (Fsp3) is 0.722. The predicted octanol–water partition coefficient (Wildman–Crippen LogP) is 1.58. The summed E-state index contributed by atoms with van der Waals surface area (Å²) in [4.78, 5) is 25.2. The monoisotopic (exact) mass is 329 g/mol. The highest BCUT2D eigenvalue weighted by Gasteiger charge is 2.36. The van der Waals surface area contributed by atoms with Crippen LogP contribution in [-0.4, -0.2) is 58.5 Å². The number of nitrogens with zero attached hydrogens (tertiary/aromatic N) is 4. The third-order valence-corrected chi connectivity index (χ3v) is 5.52. The molecule has 1 aromatic heterocycles. The maximum absolute atomic E-state index is 11.5. The summed E-state index contributed by atoms with van der Waals surface area (Å²) >= 11 is 0. The summed E-state index contributed by atoms with van der Waals surface area (Å²) in [6.07, 6.45) is 11.3. The first kappa shape index (κ1) is 15.8. The van der Waals surface area contributed by atoms with Crippen LogP contribution in [0, 0.1) is 0 Å². The van der Waals surface area contributed by atoms with Crippen molar-refractivity contribution in [2.24, 2.45) is 0 Å². The van der Waals surface area contributed by atoms with Gasteiger partial charge in [-0.25, -0.2) is 9.97 Å². The zero-order valence-corrected chi connectivity index (χ0v) is 14.2. The smallest absolute Gasteiger partial charge is 0.220 e. The summed E-state index contributed by atoms with van der Waals surface area (Å²) in [6, 6.07) is 3.66. The van der Waals surface area contributed by atoms with Gasteiger partial charge in [0.2, 0.25) is 5.91 Å². The second kappa shape index (κ2) is 7.05. The Morgan fingerprint density at radius 1 is 1.17 bits per heavy atom. The molecule has 3 fully saturated rings. The number of anilines is 1. The first-order chi connectivity index (χ1) is 11.8. The minimum absolute atomic E-state index is 0.227. The lowest BCUT2D eigenvalue weighted by atomic mass is 9.99. The van der Waals surface area contributed by atoms with Crippen LogP contribution in [0.5, 0.6) is 0 Å². The molecule has 1 unspecified atom stereocenters. The number of rotatable bonds is 5. The van der Waals surface area contributed by atoms with Gasteiger partial charge in [0.15, 0.2) is 0 Å². The number of carbonyl (C=O) groups is 1. The fourth-order valence-corrected chi connectivity index (χ4v) is 4.17. The third-order valence-electron chi connectivity index (χ3n) is 5.52. The Balaban J connectivity index is 1.32. The lowest BCUT2D eigenvalue weighted by Gasteiger charge is -2.40. The van der Waals surface area contributed by atoms with Gasteiger partial charge in [-0.1, -0.05) is 0 Å². The van der Waals surface area contributed by atoms with E-state index in [0.29, 0.717) is 24.5 Å². The van der Waals surface area contributed by atoms with E-state index < -0.39 is 0 Å². The number of aromatic nitrogens is 2. The van der Waals surface area contributed by atoms with Crippen LogP contribution in [-0.2, 0) is 4.79 Å². The molecule has 24 heavy (non-hydrogen) atoms.